The van der Waals surface area contributed by atoms with E-state index in [0.717, 1.165) is 0 Å². The Bertz CT molecular complexity index is 389. The Morgan fingerprint density at radius 3 is 1.78 bits per heavy atom. The first kappa shape index (κ1) is 14.6. The molecule has 2 atom stereocenters. The number of benzene rings is 1. The predicted molar refractivity (Wildman–Crippen MR) is 67.5 cm³/mol. The van der Waals surface area contributed by atoms with Crippen molar-refractivity contribution >= 4 is 0 Å². The maximum absolute atomic E-state index is 9.72. The molecule has 0 aromatic heterocycles. The molecule has 1 rings (SSSR count). The summed E-state index contributed by atoms with van der Waals surface area (Å²) in [6.07, 6.45) is -1.15. The van der Waals surface area contributed by atoms with E-state index >= 15 is 0 Å². The Morgan fingerprint density at radius 2 is 1.39 bits per heavy atom. The summed E-state index contributed by atoms with van der Waals surface area (Å²) in [6.45, 7) is 1.66. The van der Waals surface area contributed by atoms with Gasteiger partial charge in [-0.1, -0.05) is 0 Å². The van der Waals surface area contributed by atoms with Crippen molar-refractivity contribution in [3.63, 3.8) is 0 Å². The highest BCUT2D eigenvalue weighted by molar-refractivity contribution is 5.51. The molecule has 5 heteroatoms. The number of hydrogen-bond acceptors (Lipinski definition) is 5. The van der Waals surface area contributed by atoms with E-state index < -0.39 is 12.2 Å². The van der Waals surface area contributed by atoms with Gasteiger partial charge in [-0.3, -0.25) is 0 Å². The van der Waals surface area contributed by atoms with E-state index in [0.29, 0.717) is 22.8 Å². The van der Waals surface area contributed by atoms with Crippen LogP contribution in [-0.2, 0) is 4.74 Å². The fraction of sp³-hybridized carbons (Fsp3) is 0.538. The van der Waals surface area contributed by atoms with Crippen molar-refractivity contribution in [1.29, 1.82) is 0 Å². The lowest BCUT2D eigenvalue weighted by Crippen LogP contribution is -2.17. The molecule has 0 aliphatic carbocycles. The predicted octanol–water partition coefficient (Wildman–Crippen LogP) is 1.78. The third-order valence-corrected chi connectivity index (χ3v) is 2.73. The van der Waals surface area contributed by atoms with Crippen LogP contribution in [0.2, 0.25) is 0 Å². The third-order valence-electron chi connectivity index (χ3n) is 2.73. The average Bonchev–Trinajstić information content (AvgIpc) is 2.38. The summed E-state index contributed by atoms with van der Waals surface area (Å²) in [5.74, 6) is 1.72. The number of methoxy groups -OCH3 is 4. The lowest BCUT2D eigenvalue weighted by Gasteiger charge is -2.22. The van der Waals surface area contributed by atoms with Gasteiger partial charge in [0.05, 0.1) is 27.4 Å². The van der Waals surface area contributed by atoms with E-state index in [9.17, 15) is 5.11 Å². The molecule has 1 aromatic carbocycles. The van der Waals surface area contributed by atoms with Crippen LogP contribution in [0.25, 0.3) is 0 Å². The van der Waals surface area contributed by atoms with Crippen LogP contribution in [0.1, 0.15) is 18.6 Å². The van der Waals surface area contributed by atoms with E-state index in [1.807, 2.05) is 0 Å². The Balaban J connectivity index is 3.32. The summed E-state index contributed by atoms with van der Waals surface area (Å²) in [5.41, 5.74) is 0.715. The summed E-state index contributed by atoms with van der Waals surface area (Å²) in [4.78, 5) is 0. The average molecular weight is 256 g/mol. The maximum atomic E-state index is 9.72. The third kappa shape index (κ3) is 2.86. The van der Waals surface area contributed by atoms with Crippen LogP contribution in [0.15, 0.2) is 12.1 Å². The Morgan fingerprint density at radius 1 is 0.889 bits per heavy atom. The molecule has 0 bridgehead atoms. The molecule has 0 aliphatic heterocycles. The second-order valence-electron chi connectivity index (χ2n) is 3.85. The van der Waals surface area contributed by atoms with Gasteiger partial charge in [-0.2, -0.15) is 0 Å². The first-order valence-corrected chi connectivity index (χ1v) is 5.59. The lowest BCUT2D eigenvalue weighted by atomic mass is 10.0. The number of hydrogen-bond donors (Lipinski definition) is 1. The van der Waals surface area contributed by atoms with Gasteiger partial charge in [0, 0.05) is 18.7 Å². The van der Waals surface area contributed by atoms with Gasteiger partial charge in [0.1, 0.15) is 11.9 Å². The number of ether oxygens (including phenoxy) is 4. The van der Waals surface area contributed by atoms with Crippen molar-refractivity contribution in [2.24, 2.45) is 0 Å². The molecule has 0 unspecified atom stereocenters. The topological polar surface area (TPSA) is 57.2 Å². The highest BCUT2D eigenvalue weighted by atomic mass is 16.5. The van der Waals surface area contributed by atoms with Gasteiger partial charge >= 0.3 is 0 Å². The van der Waals surface area contributed by atoms with Gasteiger partial charge in [-0.15, -0.1) is 0 Å². The molecule has 0 aliphatic rings. The second-order valence-corrected chi connectivity index (χ2v) is 3.85. The quantitative estimate of drug-likeness (QED) is 0.840. The number of aliphatic hydroxyl groups is 1. The smallest absolute Gasteiger partial charge is 0.164 e. The summed E-state index contributed by atoms with van der Waals surface area (Å²) < 4.78 is 21.0. The number of aliphatic hydroxyl groups excluding tert-OH is 1. The molecule has 1 aromatic rings. The standard InChI is InChI=1S/C13H20O5/c1-8(14)13(18-5)9-6-11(16-3)12(17-4)7-10(9)15-2/h6-8,13-14H,1-5H3/t8-,13+/m1/s1. The minimum atomic E-state index is -0.665. The van der Waals surface area contributed by atoms with Gasteiger partial charge in [-0.05, 0) is 13.0 Å². The fourth-order valence-electron chi connectivity index (χ4n) is 1.86. The van der Waals surface area contributed by atoms with Crippen LogP contribution in [0.3, 0.4) is 0 Å². The molecular formula is C13H20O5. The summed E-state index contributed by atoms with van der Waals surface area (Å²) in [7, 11) is 6.20. The van der Waals surface area contributed by atoms with E-state index in [1.54, 1.807) is 40.4 Å². The largest absolute Gasteiger partial charge is 0.496 e. The summed E-state index contributed by atoms with van der Waals surface area (Å²) >= 11 is 0. The van der Waals surface area contributed by atoms with E-state index in [-0.39, 0.29) is 0 Å². The molecule has 0 spiro atoms. The normalized spacial score (nSPS) is 13.9. The molecule has 18 heavy (non-hydrogen) atoms. The van der Waals surface area contributed by atoms with Crippen LogP contribution in [0.4, 0.5) is 0 Å². The van der Waals surface area contributed by atoms with Crippen molar-refractivity contribution in [2.45, 2.75) is 19.1 Å². The first-order chi connectivity index (χ1) is 8.58. The van der Waals surface area contributed by atoms with Gasteiger partial charge in [0.25, 0.3) is 0 Å². The Kier molecular flexibility index (Phi) is 5.25. The SMILES string of the molecule is COc1cc(OC)c([C@@H](OC)[C@@H](C)O)cc1OC. The number of rotatable bonds is 6. The minimum absolute atomic E-state index is 0.486. The van der Waals surface area contributed by atoms with Crippen LogP contribution >= 0.6 is 0 Å². The van der Waals surface area contributed by atoms with Crippen molar-refractivity contribution in [2.75, 3.05) is 28.4 Å². The van der Waals surface area contributed by atoms with Gasteiger partial charge in [0.2, 0.25) is 0 Å². The van der Waals surface area contributed by atoms with Crippen LogP contribution < -0.4 is 14.2 Å². The zero-order valence-corrected chi connectivity index (χ0v) is 11.4. The maximum Gasteiger partial charge on any atom is 0.164 e. The minimum Gasteiger partial charge on any atom is -0.496 e. The van der Waals surface area contributed by atoms with Crippen LogP contribution in [0.5, 0.6) is 17.2 Å². The van der Waals surface area contributed by atoms with Crippen molar-refractivity contribution in [1.82, 2.24) is 0 Å². The molecule has 0 heterocycles. The first-order valence-electron chi connectivity index (χ1n) is 5.59. The monoisotopic (exact) mass is 256 g/mol. The van der Waals surface area contributed by atoms with Gasteiger partial charge in [-0.25, -0.2) is 0 Å². The Labute approximate surface area is 107 Å². The van der Waals surface area contributed by atoms with Crippen molar-refractivity contribution in [3.05, 3.63) is 17.7 Å². The molecule has 0 amide bonds. The van der Waals surface area contributed by atoms with Gasteiger partial charge in [0.15, 0.2) is 11.5 Å². The van der Waals surface area contributed by atoms with Crippen LogP contribution in [-0.4, -0.2) is 39.6 Å². The zero-order chi connectivity index (χ0) is 13.7. The lowest BCUT2D eigenvalue weighted by molar-refractivity contribution is -0.00488. The second kappa shape index (κ2) is 6.47. The zero-order valence-electron chi connectivity index (χ0n) is 11.4. The molecule has 102 valence electrons. The molecular weight excluding hydrogens is 236 g/mol. The fourth-order valence-corrected chi connectivity index (χ4v) is 1.86. The molecule has 0 saturated heterocycles. The van der Waals surface area contributed by atoms with Crippen molar-refractivity contribution in [3.8, 4) is 17.2 Å². The molecule has 1 N–H and O–H groups in total. The summed E-state index contributed by atoms with van der Waals surface area (Å²) in [6, 6.07) is 3.46. The van der Waals surface area contributed by atoms with Crippen LogP contribution in [0, 0.1) is 0 Å². The van der Waals surface area contributed by atoms with E-state index in [2.05, 4.69) is 0 Å². The highest BCUT2D eigenvalue weighted by Crippen LogP contribution is 2.39. The molecule has 5 nitrogen and oxygen atoms in total. The van der Waals surface area contributed by atoms with E-state index in [1.165, 1.54) is 7.11 Å². The van der Waals surface area contributed by atoms with Gasteiger partial charge < -0.3 is 24.1 Å². The van der Waals surface area contributed by atoms with Crippen molar-refractivity contribution < 1.29 is 24.1 Å². The van der Waals surface area contributed by atoms with E-state index in [4.69, 9.17) is 18.9 Å². The Hall–Kier alpha value is -1.46. The molecule has 0 saturated carbocycles. The molecule has 0 radical (unpaired) electrons. The molecule has 0 fully saturated rings. The highest BCUT2D eigenvalue weighted by Gasteiger charge is 2.23. The summed E-state index contributed by atoms with van der Waals surface area (Å²) in [5, 5.41) is 9.72.